The quantitative estimate of drug-likeness (QED) is 0.749. The van der Waals surface area contributed by atoms with Gasteiger partial charge in [-0.3, -0.25) is 4.79 Å². The maximum Gasteiger partial charge on any atom is 0.257 e. The smallest absolute Gasteiger partial charge is 0.257 e. The third kappa shape index (κ3) is 5.49. The maximum absolute atomic E-state index is 12.1. The number of ether oxygens (including phenoxy) is 1. The zero-order valence-electron chi connectivity index (χ0n) is 14.0. The summed E-state index contributed by atoms with van der Waals surface area (Å²) >= 11 is 3.41. The monoisotopic (exact) mass is 392 g/mol. The molecule has 0 aliphatic carbocycles. The van der Waals surface area contributed by atoms with Crippen LogP contribution in [-0.2, 0) is 4.79 Å². The minimum atomic E-state index is -0.0665. The number of carbonyl (C=O) groups is 1. The van der Waals surface area contributed by atoms with E-state index in [1.165, 1.54) is 0 Å². The molecule has 0 fully saturated rings. The van der Waals surface area contributed by atoms with E-state index >= 15 is 0 Å². The molecule has 1 aromatic heterocycles. The molecular weight excluding hydrogens is 372 g/mol. The summed E-state index contributed by atoms with van der Waals surface area (Å²) in [5, 5.41) is 6.00. The van der Waals surface area contributed by atoms with Gasteiger partial charge in [0, 0.05) is 35.5 Å². The van der Waals surface area contributed by atoms with Crippen LogP contribution in [0.25, 0.3) is 0 Å². The van der Waals surface area contributed by atoms with Crippen LogP contribution in [0.15, 0.2) is 35.1 Å². The maximum atomic E-state index is 12.1. The largest absolute Gasteiger partial charge is 0.472 e. The third-order valence-electron chi connectivity index (χ3n) is 3.12. The first-order valence-corrected chi connectivity index (χ1v) is 8.52. The van der Waals surface area contributed by atoms with Crippen molar-refractivity contribution in [2.45, 2.75) is 33.3 Å². The molecule has 1 heterocycles. The van der Waals surface area contributed by atoms with Crippen LogP contribution in [0.2, 0.25) is 0 Å². The zero-order valence-corrected chi connectivity index (χ0v) is 15.6. The second-order valence-electron chi connectivity index (χ2n) is 5.56. The number of hydrogen-bond donors (Lipinski definition) is 2. The number of hydrogen-bond acceptors (Lipinski definition) is 5. The fourth-order valence-electron chi connectivity index (χ4n) is 2.03. The minimum absolute atomic E-state index is 0.00549. The van der Waals surface area contributed by atoms with Gasteiger partial charge in [0.05, 0.1) is 6.10 Å². The van der Waals surface area contributed by atoms with Crippen LogP contribution >= 0.6 is 15.9 Å². The van der Waals surface area contributed by atoms with Gasteiger partial charge in [-0.05, 0) is 44.5 Å². The number of aryl methyl sites for hydroxylation is 1. The molecule has 0 spiro atoms. The molecule has 0 radical (unpaired) electrons. The summed E-state index contributed by atoms with van der Waals surface area (Å²) in [7, 11) is 0. The SMILES string of the molecule is Cc1cc(Br)ccc1NC(=O)CCNc1nccnc1OC(C)C. The van der Waals surface area contributed by atoms with E-state index in [0.717, 1.165) is 15.7 Å². The highest BCUT2D eigenvalue weighted by atomic mass is 79.9. The Morgan fingerprint density at radius 1 is 1.29 bits per heavy atom. The molecule has 0 aliphatic heterocycles. The van der Waals surface area contributed by atoms with Gasteiger partial charge < -0.3 is 15.4 Å². The number of rotatable bonds is 7. The number of nitrogens with zero attached hydrogens (tertiary/aromatic N) is 2. The van der Waals surface area contributed by atoms with Crippen LogP contribution in [0.3, 0.4) is 0 Å². The van der Waals surface area contributed by atoms with Gasteiger partial charge in [0.1, 0.15) is 0 Å². The van der Waals surface area contributed by atoms with Gasteiger partial charge in [0.15, 0.2) is 5.82 Å². The van der Waals surface area contributed by atoms with Gasteiger partial charge in [-0.15, -0.1) is 0 Å². The molecule has 2 N–H and O–H groups in total. The lowest BCUT2D eigenvalue weighted by Crippen LogP contribution is -2.18. The van der Waals surface area contributed by atoms with Crippen molar-refractivity contribution in [3.05, 3.63) is 40.6 Å². The standard InChI is InChI=1S/C17H21BrN4O2/c1-11(2)24-17-16(20-8-9-21-17)19-7-6-15(23)22-14-5-4-13(18)10-12(14)3/h4-5,8-11H,6-7H2,1-3H3,(H,19,20)(H,22,23). The van der Waals surface area contributed by atoms with Crippen molar-refractivity contribution in [3.8, 4) is 5.88 Å². The average molecular weight is 393 g/mol. The van der Waals surface area contributed by atoms with Crippen molar-refractivity contribution in [2.24, 2.45) is 0 Å². The molecule has 0 saturated carbocycles. The van der Waals surface area contributed by atoms with Crippen LogP contribution in [0.1, 0.15) is 25.8 Å². The van der Waals surface area contributed by atoms with Crippen molar-refractivity contribution >= 4 is 33.3 Å². The highest BCUT2D eigenvalue weighted by molar-refractivity contribution is 9.10. The van der Waals surface area contributed by atoms with E-state index in [1.54, 1.807) is 12.4 Å². The van der Waals surface area contributed by atoms with Gasteiger partial charge in [-0.1, -0.05) is 15.9 Å². The van der Waals surface area contributed by atoms with Gasteiger partial charge in [0.2, 0.25) is 5.91 Å². The van der Waals surface area contributed by atoms with Crippen LogP contribution in [0, 0.1) is 6.92 Å². The third-order valence-corrected chi connectivity index (χ3v) is 3.61. The highest BCUT2D eigenvalue weighted by Gasteiger charge is 2.09. The molecule has 0 atom stereocenters. The molecule has 128 valence electrons. The van der Waals surface area contributed by atoms with Crippen LogP contribution < -0.4 is 15.4 Å². The van der Waals surface area contributed by atoms with Crippen molar-refractivity contribution in [2.75, 3.05) is 17.2 Å². The first kappa shape index (κ1) is 18.2. The van der Waals surface area contributed by atoms with Gasteiger partial charge >= 0.3 is 0 Å². The molecule has 6 nitrogen and oxygen atoms in total. The molecule has 1 amide bonds. The number of anilines is 2. The predicted molar refractivity (Wildman–Crippen MR) is 98.4 cm³/mol. The molecule has 0 aliphatic rings. The molecular formula is C17H21BrN4O2. The molecule has 2 rings (SSSR count). The highest BCUT2D eigenvalue weighted by Crippen LogP contribution is 2.21. The zero-order chi connectivity index (χ0) is 17.5. The van der Waals surface area contributed by atoms with Crippen molar-refractivity contribution in [3.63, 3.8) is 0 Å². The van der Waals surface area contributed by atoms with E-state index < -0.39 is 0 Å². The Morgan fingerprint density at radius 3 is 2.75 bits per heavy atom. The summed E-state index contributed by atoms with van der Waals surface area (Å²) in [5.74, 6) is 0.915. The predicted octanol–water partition coefficient (Wildman–Crippen LogP) is 3.78. The minimum Gasteiger partial charge on any atom is -0.472 e. The number of aromatic nitrogens is 2. The summed E-state index contributed by atoms with van der Waals surface area (Å²) < 4.78 is 6.57. The van der Waals surface area contributed by atoms with E-state index in [4.69, 9.17) is 4.74 Å². The topological polar surface area (TPSA) is 76.1 Å². The molecule has 7 heteroatoms. The molecule has 1 aromatic carbocycles. The number of amides is 1. The van der Waals surface area contributed by atoms with Crippen molar-refractivity contribution < 1.29 is 9.53 Å². The Labute approximate surface area is 150 Å². The number of halogens is 1. The second kappa shape index (κ2) is 8.63. The molecule has 0 saturated heterocycles. The lowest BCUT2D eigenvalue weighted by atomic mass is 10.2. The van der Waals surface area contributed by atoms with Crippen LogP contribution in [0.5, 0.6) is 5.88 Å². The number of carbonyl (C=O) groups excluding carboxylic acids is 1. The van der Waals surface area contributed by atoms with E-state index in [9.17, 15) is 4.79 Å². The summed E-state index contributed by atoms with van der Waals surface area (Å²) in [6.07, 6.45) is 3.48. The van der Waals surface area contributed by atoms with E-state index in [2.05, 4.69) is 36.5 Å². The average Bonchev–Trinajstić information content (AvgIpc) is 2.51. The van der Waals surface area contributed by atoms with Gasteiger partial charge in [0.25, 0.3) is 5.88 Å². The lowest BCUT2D eigenvalue weighted by molar-refractivity contribution is -0.115. The Hall–Kier alpha value is -2.15. The second-order valence-corrected chi connectivity index (χ2v) is 6.48. The Morgan fingerprint density at radius 2 is 2.04 bits per heavy atom. The first-order chi connectivity index (χ1) is 11.5. The fourth-order valence-corrected chi connectivity index (χ4v) is 2.51. The molecule has 24 heavy (non-hydrogen) atoms. The normalized spacial score (nSPS) is 10.5. The molecule has 0 bridgehead atoms. The van der Waals surface area contributed by atoms with E-state index in [-0.39, 0.29) is 12.0 Å². The summed E-state index contributed by atoms with van der Waals surface area (Å²) in [4.78, 5) is 20.4. The van der Waals surface area contributed by atoms with E-state index in [0.29, 0.717) is 24.7 Å². The Balaban J connectivity index is 1.87. The van der Waals surface area contributed by atoms with Crippen molar-refractivity contribution in [1.82, 2.24) is 9.97 Å². The molecule has 2 aromatic rings. The molecule has 0 unspecified atom stereocenters. The van der Waals surface area contributed by atoms with E-state index in [1.807, 2.05) is 39.0 Å². The summed E-state index contributed by atoms with van der Waals surface area (Å²) in [6.45, 7) is 6.24. The summed E-state index contributed by atoms with van der Waals surface area (Å²) in [6, 6.07) is 5.74. The number of benzene rings is 1. The van der Waals surface area contributed by atoms with Crippen LogP contribution in [0.4, 0.5) is 11.5 Å². The summed E-state index contributed by atoms with van der Waals surface area (Å²) in [5.41, 5.74) is 1.82. The lowest BCUT2D eigenvalue weighted by Gasteiger charge is -2.13. The Kier molecular flexibility index (Phi) is 6.54. The Bertz CT molecular complexity index is 707. The van der Waals surface area contributed by atoms with Gasteiger partial charge in [-0.25, -0.2) is 9.97 Å². The fraction of sp³-hybridized carbons (Fsp3) is 0.353. The first-order valence-electron chi connectivity index (χ1n) is 7.73. The van der Waals surface area contributed by atoms with Gasteiger partial charge in [-0.2, -0.15) is 0 Å². The van der Waals surface area contributed by atoms with Crippen molar-refractivity contribution in [1.29, 1.82) is 0 Å². The number of nitrogens with one attached hydrogen (secondary N) is 2. The van der Waals surface area contributed by atoms with Crippen LogP contribution in [-0.4, -0.2) is 28.5 Å².